The highest BCUT2D eigenvalue weighted by molar-refractivity contribution is 4.97. The van der Waals surface area contributed by atoms with Crippen molar-refractivity contribution >= 4 is 0 Å². The molecule has 1 heterocycles. The van der Waals surface area contributed by atoms with Gasteiger partial charge in [0.25, 0.3) is 0 Å². The van der Waals surface area contributed by atoms with E-state index < -0.39 is 53.0 Å². The average molecular weight is 1640 g/mol. The summed E-state index contributed by atoms with van der Waals surface area (Å²) >= 11 is 0. The number of ether oxygens (including phenoxy) is 1. The minimum atomic E-state index is -2.47. The molecule has 0 aromatic heterocycles. The second kappa shape index (κ2) is 54.5. The van der Waals surface area contributed by atoms with E-state index in [0.717, 1.165) is 38.4 Å². The third-order valence-corrected chi connectivity index (χ3v) is 16.2. The van der Waals surface area contributed by atoms with Crippen molar-refractivity contribution in [3.63, 3.8) is 0 Å². The van der Waals surface area contributed by atoms with Crippen LogP contribution in [0.1, 0.15) is 502 Å². The Kier molecular flexibility index (Phi) is 64.2. The first-order valence-corrected chi connectivity index (χ1v) is 44.1. The van der Waals surface area contributed by atoms with Crippen LogP contribution in [0.5, 0.6) is 0 Å². The molecule has 2 fully saturated rings. The number of alkyl halides is 11. The van der Waals surface area contributed by atoms with Crippen LogP contribution >= 0.6 is 0 Å². The lowest BCUT2D eigenvalue weighted by molar-refractivity contribution is -0.119. The second-order valence-electron chi connectivity index (χ2n) is 51.6. The fraction of sp³-hybridized carbons (Fsp3) is 1.00. The first-order chi connectivity index (χ1) is 48.1. The Morgan fingerprint density at radius 3 is 0.536 bits per heavy atom. The van der Waals surface area contributed by atoms with E-state index in [1.165, 1.54) is 33.1 Å². The summed E-state index contributed by atoms with van der Waals surface area (Å²) < 4.78 is 146. The molecule has 1 unspecified atom stereocenters. The van der Waals surface area contributed by atoms with Gasteiger partial charge in [0.1, 0.15) is 41.2 Å². The molecule has 1 nitrogen and oxygen atoms in total. The summed E-state index contributed by atoms with van der Waals surface area (Å²) in [5.41, 5.74) is -0.879. The molecule has 0 aromatic rings. The van der Waals surface area contributed by atoms with E-state index in [1.54, 1.807) is 27.7 Å². The van der Waals surface area contributed by atoms with E-state index in [1.807, 2.05) is 96.9 Å². The molecule has 0 bridgehead atoms. The summed E-state index contributed by atoms with van der Waals surface area (Å²) in [4.78, 5) is 0. The van der Waals surface area contributed by atoms with E-state index in [4.69, 9.17) is 4.74 Å². The molecule has 1 saturated heterocycles. The Morgan fingerprint density at radius 1 is 0.277 bits per heavy atom. The van der Waals surface area contributed by atoms with Gasteiger partial charge in [0.2, 0.25) is 11.8 Å². The maximum atomic E-state index is 13.3. The van der Waals surface area contributed by atoms with Crippen molar-refractivity contribution in [2.24, 2.45) is 81.7 Å². The molecule has 0 aromatic carbocycles. The molecular weight excluding hydrogens is 1430 g/mol. The predicted octanol–water partition coefficient (Wildman–Crippen LogP) is 38.7. The zero-order chi connectivity index (χ0) is 93.3. The molecule has 692 valence electrons. The minimum absolute atomic E-state index is 0.0174. The smallest absolute Gasteiger partial charge is 0.248 e. The SMILES string of the molecule is CC(C)(C)CC(C)(C)C.CC(C)(C)CC(C)(C)F.CC(C)(C)CC1(C)COC1.CC(C)(C)CC1(F)CC1.CC(C)CC(C)(C)C.CCC(F)(F)CC(C)(C)C.CCC(F)(F)CC(C)(C)C.CCC(F)CC(C)(C)C.CC[C@@H](F)CC(C)(C)C.CC[C@@](C)(F)CC(C)(C)C.CC[C@H](F)CC(C)(C)C.CC[C@](C)(F)CC(C)(C)C. The molecule has 1 aliphatic carbocycles. The van der Waals surface area contributed by atoms with Gasteiger partial charge in [-0.15, -0.1) is 0 Å². The maximum Gasteiger partial charge on any atom is 0.248 e. The quantitative estimate of drug-likeness (QED) is 0.124. The van der Waals surface area contributed by atoms with Crippen LogP contribution < -0.4 is 0 Å². The van der Waals surface area contributed by atoms with Gasteiger partial charge in [0, 0.05) is 31.1 Å². The summed E-state index contributed by atoms with van der Waals surface area (Å²) in [5, 5.41) is 0. The lowest BCUT2D eigenvalue weighted by Gasteiger charge is -2.42. The van der Waals surface area contributed by atoms with Crippen LogP contribution in [0.4, 0.5) is 48.3 Å². The monoisotopic (exact) mass is 1640 g/mol. The fourth-order valence-corrected chi connectivity index (χ4v) is 13.9. The van der Waals surface area contributed by atoms with Crippen molar-refractivity contribution < 1.29 is 53.0 Å². The van der Waals surface area contributed by atoms with Gasteiger partial charge >= 0.3 is 0 Å². The van der Waals surface area contributed by atoms with E-state index in [2.05, 4.69) is 228 Å². The van der Waals surface area contributed by atoms with Gasteiger partial charge in [-0.1, -0.05) is 339 Å². The van der Waals surface area contributed by atoms with Gasteiger partial charge in [-0.2, -0.15) is 0 Å². The molecule has 0 N–H and O–H groups in total. The van der Waals surface area contributed by atoms with Gasteiger partial charge in [0.15, 0.2) is 0 Å². The third-order valence-electron chi connectivity index (χ3n) is 16.2. The van der Waals surface area contributed by atoms with Gasteiger partial charge < -0.3 is 4.74 Å². The molecule has 2 rings (SSSR count). The first kappa shape index (κ1) is 132. The molecule has 112 heavy (non-hydrogen) atoms. The Bertz CT molecular complexity index is 1880. The number of halogens is 11. The van der Waals surface area contributed by atoms with E-state index in [0.29, 0.717) is 97.7 Å². The van der Waals surface area contributed by atoms with E-state index in [9.17, 15) is 48.3 Å². The van der Waals surface area contributed by atoms with Crippen molar-refractivity contribution in [1.29, 1.82) is 0 Å². The standard InChI is InChI=1S/2C9H19F.C9H18O.C9H20.2C8H16F2.C8H15F.4C8H17F.C8H18/c2*1-6-9(5,10)7-8(2,3)4;1-8(2,3)5-9(4)6-10-7-9;1-8(2,3)7-9(4,5)6;2*1-5-8(9,10)6-7(2,3)4;1-7(2,3)6-8(9)4-5-8;1-7(2,3)6-8(4,5)9;3*1-5-7(9)6-8(2,3)4;1-7(2)6-8(3,4)5/h2*6-7H2,1-5H3;5-7H2,1-4H3;7H2,1-6H3;2*5-6H2,1-4H3;4-6H2,1-3H3;6H2,1-5H3;3*7H,5-6H2,1-4H3;7H,6H2,1-5H3/t2*9-;;;;;;;2*7-;;/m10......10../s1. The van der Waals surface area contributed by atoms with Crippen molar-refractivity contribution in [1.82, 2.24) is 0 Å². The van der Waals surface area contributed by atoms with E-state index in [-0.39, 0.29) is 74.4 Å². The van der Waals surface area contributed by atoms with Gasteiger partial charge in [-0.3, -0.25) is 0 Å². The topological polar surface area (TPSA) is 9.23 Å². The van der Waals surface area contributed by atoms with Crippen LogP contribution in [-0.4, -0.2) is 66.2 Å². The summed E-state index contributed by atoms with van der Waals surface area (Å²) in [6.07, 6.45) is 11.4. The van der Waals surface area contributed by atoms with Crippen LogP contribution in [0.25, 0.3) is 0 Å². The normalized spacial score (nSPS) is 16.8. The van der Waals surface area contributed by atoms with Crippen LogP contribution in [0.2, 0.25) is 0 Å². The lowest BCUT2D eigenvalue weighted by atomic mass is 9.74. The Balaban J connectivity index is -0.000000127. The fourth-order valence-electron chi connectivity index (χ4n) is 13.9. The summed E-state index contributed by atoms with van der Waals surface area (Å²) in [6, 6.07) is 0. The molecule has 2 aliphatic rings. The molecule has 12 heteroatoms. The number of hydrogen-bond acceptors (Lipinski definition) is 1. The molecule has 0 radical (unpaired) electrons. The van der Waals surface area contributed by atoms with Crippen LogP contribution in [0.15, 0.2) is 0 Å². The zero-order valence-electron chi connectivity index (χ0n) is 86.1. The zero-order valence-corrected chi connectivity index (χ0v) is 86.1. The molecule has 0 spiro atoms. The molecule has 5 atom stereocenters. The highest BCUT2D eigenvalue weighted by Gasteiger charge is 2.45. The van der Waals surface area contributed by atoms with Crippen LogP contribution in [-0.2, 0) is 4.74 Å². The van der Waals surface area contributed by atoms with Crippen LogP contribution in [0.3, 0.4) is 0 Å². The summed E-state index contributed by atoms with van der Waals surface area (Å²) in [5.74, 6) is -4.11. The van der Waals surface area contributed by atoms with Crippen molar-refractivity contribution in [3.05, 3.63) is 0 Å². The number of rotatable bonds is 18. The van der Waals surface area contributed by atoms with Gasteiger partial charge in [-0.25, -0.2) is 48.3 Å². The first-order valence-electron chi connectivity index (χ1n) is 44.1. The van der Waals surface area contributed by atoms with Crippen molar-refractivity contribution in [2.75, 3.05) is 13.2 Å². The Hall–Kier alpha value is -0.810. The second-order valence-corrected chi connectivity index (χ2v) is 51.6. The third kappa shape index (κ3) is 133. The summed E-state index contributed by atoms with van der Waals surface area (Å²) in [7, 11) is 0. The Labute approximate surface area is 699 Å². The number of hydrogen-bond donors (Lipinski definition) is 0. The molecular formula is C100H209F11O. The molecule has 1 saturated carbocycles. The lowest BCUT2D eigenvalue weighted by Crippen LogP contribution is -2.42. The average Bonchev–Trinajstić information content (AvgIpc) is 1.76. The largest absolute Gasteiger partial charge is 0.380 e. The predicted molar refractivity (Wildman–Crippen MR) is 486 cm³/mol. The highest BCUT2D eigenvalue weighted by Crippen LogP contribution is 2.48. The maximum absolute atomic E-state index is 13.3. The van der Waals surface area contributed by atoms with Crippen molar-refractivity contribution in [2.45, 2.75) is 555 Å². The van der Waals surface area contributed by atoms with Crippen molar-refractivity contribution in [3.8, 4) is 0 Å². The highest BCUT2D eigenvalue weighted by atomic mass is 19.3. The molecule has 0 amide bonds. The Morgan fingerprint density at radius 2 is 0.491 bits per heavy atom. The minimum Gasteiger partial charge on any atom is -0.380 e. The van der Waals surface area contributed by atoms with Gasteiger partial charge in [0.05, 0.1) is 13.2 Å². The summed E-state index contributed by atoms with van der Waals surface area (Å²) in [6.45, 7) is 110. The van der Waals surface area contributed by atoms with Gasteiger partial charge in [-0.05, 0) is 213 Å². The molecule has 1 aliphatic heterocycles. The van der Waals surface area contributed by atoms with E-state index >= 15 is 0 Å². The van der Waals surface area contributed by atoms with Crippen LogP contribution in [0, 0.1) is 81.7 Å².